The van der Waals surface area contributed by atoms with Gasteiger partial charge in [0.05, 0.1) is 18.0 Å². The lowest BCUT2D eigenvalue weighted by Crippen LogP contribution is -2.47. The van der Waals surface area contributed by atoms with Crippen molar-refractivity contribution in [3.8, 4) is 0 Å². The molecule has 6 unspecified atom stereocenters. The summed E-state index contributed by atoms with van der Waals surface area (Å²) in [5.74, 6) is 3.10. The predicted octanol–water partition coefficient (Wildman–Crippen LogP) is 6.29. The van der Waals surface area contributed by atoms with E-state index < -0.39 is 0 Å². The molecule has 5 rings (SSSR count). The zero-order chi connectivity index (χ0) is 20.9. The number of aromatic nitrogens is 2. The Hall–Kier alpha value is -1.87. The molecule has 0 aromatic carbocycles. The minimum absolute atomic E-state index is 0.116. The number of pyridine rings is 1. The van der Waals surface area contributed by atoms with E-state index in [1.165, 1.54) is 37.0 Å². The summed E-state index contributed by atoms with van der Waals surface area (Å²) in [4.78, 5) is 4.57. The molecule has 2 saturated carbocycles. The quantitative estimate of drug-likeness (QED) is 0.611. The van der Waals surface area contributed by atoms with Crippen molar-refractivity contribution >= 4 is 11.2 Å². The number of aliphatic hydroxyl groups is 1. The Balaban J connectivity index is 1.40. The van der Waals surface area contributed by atoms with E-state index in [-0.39, 0.29) is 6.10 Å². The van der Waals surface area contributed by atoms with Gasteiger partial charge in [0.25, 0.3) is 0 Å². The molecule has 160 valence electrons. The Bertz CT molecular complexity index is 986. The van der Waals surface area contributed by atoms with Crippen LogP contribution in [0.3, 0.4) is 0 Å². The molecule has 3 nitrogen and oxygen atoms in total. The van der Waals surface area contributed by atoms with Crippen LogP contribution in [0.15, 0.2) is 48.3 Å². The van der Waals surface area contributed by atoms with Gasteiger partial charge in [-0.15, -0.1) is 0 Å². The van der Waals surface area contributed by atoms with Crippen molar-refractivity contribution in [2.24, 2.45) is 29.1 Å². The van der Waals surface area contributed by atoms with Gasteiger partial charge < -0.3 is 9.51 Å². The molecule has 0 amide bonds. The second kappa shape index (κ2) is 7.67. The van der Waals surface area contributed by atoms with Crippen molar-refractivity contribution in [3.63, 3.8) is 0 Å². The normalized spacial score (nSPS) is 36.9. The summed E-state index contributed by atoms with van der Waals surface area (Å²) < 4.78 is 2.20. The first-order chi connectivity index (χ1) is 14.5. The third kappa shape index (κ3) is 3.26. The minimum atomic E-state index is -0.116. The van der Waals surface area contributed by atoms with Gasteiger partial charge in [0, 0.05) is 6.20 Å². The lowest BCUT2D eigenvalue weighted by Gasteiger charge is -2.55. The molecular formula is C27H36N2O. The highest BCUT2D eigenvalue weighted by molar-refractivity contribution is 5.63. The molecule has 6 atom stereocenters. The Morgan fingerprint density at radius 2 is 2.17 bits per heavy atom. The Morgan fingerprint density at radius 3 is 3.03 bits per heavy atom. The second-order valence-corrected chi connectivity index (χ2v) is 10.5. The summed E-state index contributed by atoms with van der Waals surface area (Å²) in [6, 6.07) is 6.19. The van der Waals surface area contributed by atoms with E-state index in [0.717, 1.165) is 48.6 Å². The molecule has 2 fully saturated rings. The maximum absolute atomic E-state index is 10.2. The summed E-state index contributed by atoms with van der Waals surface area (Å²) in [7, 11) is 0. The first kappa shape index (κ1) is 20.1. The average Bonchev–Trinajstić information content (AvgIpc) is 3.17. The monoisotopic (exact) mass is 404 g/mol. The number of hydrogen-bond acceptors (Lipinski definition) is 2. The zero-order valence-corrected chi connectivity index (χ0v) is 18.7. The molecule has 1 N–H and O–H groups in total. The Kier molecular flexibility index (Phi) is 5.13. The van der Waals surface area contributed by atoms with Gasteiger partial charge in [0.2, 0.25) is 0 Å². The third-order valence-corrected chi connectivity index (χ3v) is 8.89. The standard InChI is InChI=1S/C27H36N2O/c1-18-8-12-24-23(11-9-20-16-21(30)13-14-27(20,24)3)22(18)10-7-19(2)25-17-28-26-6-4-5-15-29(25)26/h4-7,9,15,17-18,21-24,30H,8,10-14,16H2,1-3H3. The van der Waals surface area contributed by atoms with Crippen LogP contribution >= 0.6 is 0 Å². The van der Waals surface area contributed by atoms with Crippen LogP contribution in [-0.4, -0.2) is 20.6 Å². The van der Waals surface area contributed by atoms with Crippen LogP contribution in [0.2, 0.25) is 0 Å². The Labute approximate surface area is 180 Å². The number of hydrogen-bond donors (Lipinski definition) is 1. The fourth-order valence-corrected chi connectivity index (χ4v) is 7.00. The van der Waals surface area contributed by atoms with E-state index in [0.29, 0.717) is 5.41 Å². The summed E-state index contributed by atoms with van der Waals surface area (Å²) in [6.45, 7) is 7.22. The van der Waals surface area contributed by atoms with Crippen molar-refractivity contribution in [2.75, 3.05) is 0 Å². The zero-order valence-electron chi connectivity index (χ0n) is 18.7. The van der Waals surface area contributed by atoms with E-state index in [1.807, 2.05) is 12.3 Å². The molecule has 0 radical (unpaired) electrons. The molecular weight excluding hydrogens is 368 g/mol. The molecule has 0 aliphatic heterocycles. The van der Waals surface area contributed by atoms with Gasteiger partial charge in [-0.25, -0.2) is 4.98 Å². The largest absolute Gasteiger partial charge is 0.393 e. The van der Waals surface area contributed by atoms with Gasteiger partial charge in [-0.1, -0.05) is 44.1 Å². The summed E-state index contributed by atoms with van der Waals surface area (Å²) in [5, 5.41) is 10.2. The number of fused-ring (bicyclic) bond motifs is 4. The minimum Gasteiger partial charge on any atom is -0.393 e. The topological polar surface area (TPSA) is 37.5 Å². The average molecular weight is 405 g/mol. The van der Waals surface area contributed by atoms with Gasteiger partial charge in [-0.05, 0) is 92.2 Å². The van der Waals surface area contributed by atoms with Gasteiger partial charge in [0.1, 0.15) is 5.65 Å². The molecule has 3 aliphatic carbocycles. The molecule has 3 aliphatic rings. The third-order valence-electron chi connectivity index (χ3n) is 8.89. The highest BCUT2D eigenvalue weighted by Gasteiger charge is 2.50. The highest BCUT2D eigenvalue weighted by atomic mass is 16.3. The highest BCUT2D eigenvalue weighted by Crippen LogP contribution is 2.59. The van der Waals surface area contributed by atoms with Gasteiger partial charge in [0.15, 0.2) is 0 Å². The van der Waals surface area contributed by atoms with E-state index >= 15 is 0 Å². The smallest absolute Gasteiger partial charge is 0.137 e. The summed E-state index contributed by atoms with van der Waals surface area (Å²) >= 11 is 0. The summed E-state index contributed by atoms with van der Waals surface area (Å²) in [6.07, 6.45) is 17.1. The van der Waals surface area contributed by atoms with E-state index in [1.54, 1.807) is 5.57 Å². The SMILES string of the molecule is CC(=CCC1C(C)CCC2C1CC=C1CC(O)CCC12C)c1cnc2ccccn12. The van der Waals surface area contributed by atoms with Crippen molar-refractivity contribution in [1.82, 2.24) is 9.38 Å². The maximum atomic E-state index is 10.2. The van der Waals surface area contributed by atoms with E-state index in [9.17, 15) is 5.11 Å². The molecule has 0 bridgehead atoms. The number of imidazole rings is 1. The van der Waals surface area contributed by atoms with Crippen molar-refractivity contribution < 1.29 is 5.11 Å². The van der Waals surface area contributed by atoms with Crippen LogP contribution < -0.4 is 0 Å². The number of aliphatic hydroxyl groups excluding tert-OH is 1. The molecule has 2 aromatic rings. The predicted molar refractivity (Wildman–Crippen MR) is 123 cm³/mol. The molecule has 2 heterocycles. The van der Waals surface area contributed by atoms with E-state index in [2.05, 4.69) is 60.6 Å². The van der Waals surface area contributed by atoms with Crippen LogP contribution in [0.25, 0.3) is 11.2 Å². The van der Waals surface area contributed by atoms with Crippen LogP contribution in [0.5, 0.6) is 0 Å². The molecule has 2 aromatic heterocycles. The fourth-order valence-electron chi connectivity index (χ4n) is 7.00. The van der Waals surface area contributed by atoms with Gasteiger partial charge >= 0.3 is 0 Å². The Morgan fingerprint density at radius 1 is 1.30 bits per heavy atom. The number of allylic oxidation sites excluding steroid dienone is 3. The number of nitrogens with zero attached hydrogens (tertiary/aromatic N) is 2. The summed E-state index contributed by atoms with van der Waals surface area (Å²) in [5.41, 5.74) is 5.45. The molecule has 3 heteroatoms. The van der Waals surface area contributed by atoms with Crippen molar-refractivity contribution in [2.45, 2.75) is 71.8 Å². The molecule has 0 saturated heterocycles. The van der Waals surface area contributed by atoms with Crippen LogP contribution in [0, 0.1) is 29.1 Å². The maximum Gasteiger partial charge on any atom is 0.137 e. The molecule has 30 heavy (non-hydrogen) atoms. The van der Waals surface area contributed by atoms with E-state index in [4.69, 9.17) is 0 Å². The van der Waals surface area contributed by atoms with Crippen molar-refractivity contribution in [3.05, 3.63) is 54.0 Å². The number of rotatable bonds is 3. The lowest BCUT2D eigenvalue weighted by atomic mass is 9.50. The van der Waals surface area contributed by atoms with Gasteiger partial charge in [-0.3, -0.25) is 0 Å². The second-order valence-electron chi connectivity index (χ2n) is 10.5. The van der Waals surface area contributed by atoms with Crippen molar-refractivity contribution in [1.29, 1.82) is 0 Å². The first-order valence-electron chi connectivity index (χ1n) is 11.9. The fraction of sp³-hybridized carbons (Fsp3) is 0.593. The molecule has 0 spiro atoms. The van der Waals surface area contributed by atoms with Crippen LogP contribution in [-0.2, 0) is 0 Å². The van der Waals surface area contributed by atoms with Gasteiger partial charge in [-0.2, -0.15) is 0 Å². The van der Waals surface area contributed by atoms with Crippen LogP contribution in [0.1, 0.15) is 71.4 Å². The first-order valence-corrected chi connectivity index (χ1v) is 11.9. The van der Waals surface area contributed by atoms with Crippen LogP contribution in [0.4, 0.5) is 0 Å². The lowest BCUT2D eigenvalue weighted by molar-refractivity contribution is -0.00959.